The summed E-state index contributed by atoms with van der Waals surface area (Å²) in [5, 5.41) is 0. The molecule has 2 aromatic rings. The molecule has 0 N–H and O–H groups in total. The third kappa shape index (κ3) is 5.32. The minimum Gasteiger partial charge on any atom is -0.493 e. The van der Waals surface area contributed by atoms with E-state index in [1.807, 2.05) is 12.1 Å². The van der Waals surface area contributed by atoms with Crippen LogP contribution < -0.4 is 18.9 Å². The number of carbonyl (C=O) groups is 1. The maximum atomic E-state index is 12.7. The average Bonchev–Trinajstić information content (AvgIpc) is 3.09. The summed E-state index contributed by atoms with van der Waals surface area (Å²) in [7, 11) is 3.16. The summed E-state index contributed by atoms with van der Waals surface area (Å²) in [6.45, 7) is 3.84. The topological polar surface area (TPSA) is 57.2 Å². The number of ketones is 1. The summed E-state index contributed by atoms with van der Waals surface area (Å²) < 4.78 is 22.3. The van der Waals surface area contributed by atoms with Crippen molar-refractivity contribution < 1.29 is 23.7 Å². The third-order valence-electron chi connectivity index (χ3n) is 5.47. The van der Waals surface area contributed by atoms with E-state index in [-0.39, 0.29) is 23.9 Å². The summed E-state index contributed by atoms with van der Waals surface area (Å²) in [4.78, 5) is 15.1. The van der Waals surface area contributed by atoms with Crippen LogP contribution in [-0.2, 0) is 0 Å². The molecule has 2 heterocycles. The molecule has 2 aliphatic heterocycles. The van der Waals surface area contributed by atoms with E-state index in [0.29, 0.717) is 35.2 Å². The number of piperidine rings is 1. The molecule has 0 unspecified atom stereocenters. The van der Waals surface area contributed by atoms with Crippen LogP contribution >= 0.6 is 12.4 Å². The van der Waals surface area contributed by atoms with E-state index in [2.05, 4.69) is 4.90 Å². The summed E-state index contributed by atoms with van der Waals surface area (Å²) in [5.41, 5.74) is 1.34. The molecule has 0 atom stereocenters. The first-order valence-electron chi connectivity index (χ1n) is 10.3. The number of ether oxygens (including phenoxy) is 4. The van der Waals surface area contributed by atoms with Crippen LogP contribution in [0.5, 0.6) is 23.0 Å². The second-order valence-electron chi connectivity index (χ2n) is 7.46. The highest BCUT2D eigenvalue weighted by atomic mass is 35.5. The first kappa shape index (κ1) is 23.0. The first-order chi connectivity index (χ1) is 14.7. The molecule has 0 aliphatic carbocycles. The van der Waals surface area contributed by atoms with Gasteiger partial charge in [-0.2, -0.15) is 0 Å². The number of Topliss-reactive ketones (excluding diaryl/α,β-unsaturated/α-hetero) is 1. The quantitative estimate of drug-likeness (QED) is 0.580. The Bertz CT molecular complexity index is 953. The van der Waals surface area contributed by atoms with Crippen molar-refractivity contribution in [3.05, 3.63) is 53.3 Å². The third-order valence-corrected chi connectivity index (χ3v) is 5.47. The molecule has 166 valence electrons. The van der Waals surface area contributed by atoms with Gasteiger partial charge < -0.3 is 18.9 Å². The van der Waals surface area contributed by atoms with Crippen LogP contribution in [0.3, 0.4) is 0 Å². The summed E-state index contributed by atoms with van der Waals surface area (Å²) in [6.07, 6.45) is 5.57. The molecule has 0 saturated carbocycles. The molecule has 0 amide bonds. The van der Waals surface area contributed by atoms with Crippen molar-refractivity contribution >= 4 is 24.3 Å². The van der Waals surface area contributed by atoms with Crippen molar-refractivity contribution in [1.82, 2.24) is 4.90 Å². The van der Waals surface area contributed by atoms with Crippen molar-refractivity contribution in [3.63, 3.8) is 0 Å². The number of carbonyl (C=O) groups excluding carboxylic acids is 1. The monoisotopic (exact) mass is 445 g/mol. The number of rotatable bonds is 7. The Hall–Kier alpha value is -2.70. The second kappa shape index (κ2) is 10.6. The van der Waals surface area contributed by atoms with Crippen LogP contribution in [0.15, 0.2) is 42.2 Å². The Kier molecular flexibility index (Phi) is 7.82. The van der Waals surface area contributed by atoms with E-state index in [1.54, 1.807) is 44.6 Å². The van der Waals surface area contributed by atoms with E-state index in [9.17, 15) is 4.79 Å². The van der Waals surface area contributed by atoms with Crippen molar-refractivity contribution in [2.45, 2.75) is 19.3 Å². The van der Waals surface area contributed by atoms with Gasteiger partial charge in [0.2, 0.25) is 5.78 Å². The lowest BCUT2D eigenvalue weighted by atomic mass is 10.1. The SMILES string of the molecule is COc1ccc(/C=C2/Oc3cc(OCCN4CCCCC4)ccc3C2=O)cc1OC.Cl. The molecule has 2 aliphatic rings. The van der Waals surface area contributed by atoms with Gasteiger partial charge >= 0.3 is 0 Å². The standard InChI is InChI=1S/C24H27NO5.ClH/c1-27-20-9-6-17(14-22(20)28-2)15-23-24(26)19-8-7-18(16-21(19)30-23)29-13-12-25-10-4-3-5-11-25;/h6-9,14-16H,3-5,10-13H2,1-2H3;1H/b23-15+;. The number of hydrogen-bond donors (Lipinski definition) is 0. The zero-order valence-corrected chi connectivity index (χ0v) is 18.7. The number of allylic oxidation sites excluding steroid dienone is 1. The number of halogens is 1. The predicted molar refractivity (Wildman–Crippen MR) is 122 cm³/mol. The number of fused-ring (bicyclic) bond motifs is 1. The normalized spacial score (nSPS) is 17.0. The molecule has 1 saturated heterocycles. The van der Waals surface area contributed by atoms with Crippen molar-refractivity contribution in [2.24, 2.45) is 0 Å². The van der Waals surface area contributed by atoms with Gasteiger partial charge in [0, 0.05) is 12.6 Å². The molecule has 0 spiro atoms. The molecule has 0 aromatic heterocycles. The van der Waals surface area contributed by atoms with Crippen LogP contribution in [-0.4, -0.2) is 51.1 Å². The van der Waals surface area contributed by atoms with E-state index < -0.39 is 0 Å². The van der Waals surface area contributed by atoms with Gasteiger partial charge in [0.05, 0.1) is 19.8 Å². The van der Waals surface area contributed by atoms with Crippen molar-refractivity contribution in [1.29, 1.82) is 0 Å². The van der Waals surface area contributed by atoms with Crippen LogP contribution in [0, 0.1) is 0 Å². The number of benzene rings is 2. The van der Waals surface area contributed by atoms with Gasteiger partial charge in [-0.25, -0.2) is 0 Å². The number of likely N-dealkylation sites (tertiary alicyclic amines) is 1. The van der Waals surface area contributed by atoms with Gasteiger partial charge in [0.1, 0.15) is 18.1 Å². The largest absolute Gasteiger partial charge is 0.493 e. The highest BCUT2D eigenvalue weighted by molar-refractivity contribution is 6.14. The van der Waals surface area contributed by atoms with Crippen LogP contribution in [0.1, 0.15) is 35.2 Å². The molecule has 0 radical (unpaired) electrons. The van der Waals surface area contributed by atoms with Crippen LogP contribution in [0.4, 0.5) is 0 Å². The summed E-state index contributed by atoms with van der Waals surface area (Å²) in [6, 6.07) is 10.8. The van der Waals surface area contributed by atoms with Gasteiger partial charge in [-0.15, -0.1) is 12.4 Å². The fraction of sp³-hybridized carbons (Fsp3) is 0.375. The first-order valence-corrected chi connectivity index (χ1v) is 10.3. The molecular weight excluding hydrogens is 418 g/mol. The fourth-order valence-electron chi connectivity index (χ4n) is 3.83. The Morgan fingerprint density at radius 2 is 1.77 bits per heavy atom. The molecular formula is C24H28ClNO5. The van der Waals surface area contributed by atoms with Crippen molar-refractivity contribution in [3.8, 4) is 23.0 Å². The predicted octanol–water partition coefficient (Wildman–Crippen LogP) is 4.61. The highest BCUT2D eigenvalue weighted by Crippen LogP contribution is 2.36. The maximum Gasteiger partial charge on any atom is 0.231 e. The molecule has 31 heavy (non-hydrogen) atoms. The van der Waals surface area contributed by atoms with E-state index in [4.69, 9.17) is 18.9 Å². The Balaban J connectivity index is 0.00000272. The fourth-order valence-corrected chi connectivity index (χ4v) is 3.83. The maximum absolute atomic E-state index is 12.7. The summed E-state index contributed by atoms with van der Waals surface area (Å²) in [5.74, 6) is 2.61. The zero-order valence-electron chi connectivity index (χ0n) is 17.9. The Morgan fingerprint density at radius 3 is 2.52 bits per heavy atom. The Morgan fingerprint density at radius 1 is 1.00 bits per heavy atom. The van der Waals surface area contributed by atoms with Gasteiger partial charge in [-0.05, 0) is 61.8 Å². The average molecular weight is 446 g/mol. The molecule has 7 heteroatoms. The molecule has 1 fully saturated rings. The van der Waals surface area contributed by atoms with Gasteiger partial charge in [-0.3, -0.25) is 9.69 Å². The second-order valence-corrected chi connectivity index (χ2v) is 7.46. The van der Waals surface area contributed by atoms with E-state index in [1.165, 1.54) is 19.3 Å². The van der Waals surface area contributed by atoms with E-state index >= 15 is 0 Å². The number of nitrogens with zero attached hydrogens (tertiary/aromatic N) is 1. The lowest BCUT2D eigenvalue weighted by Crippen LogP contribution is -2.33. The van der Waals surface area contributed by atoms with Gasteiger partial charge in [-0.1, -0.05) is 12.5 Å². The lowest BCUT2D eigenvalue weighted by molar-refractivity contribution is 0.101. The minimum atomic E-state index is -0.139. The van der Waals surface area contributed by atoms with Gasteiger partial charge in [0.15, 0.2) is 17.3 Å². The van der Waals surface area contributed by atoms with Gasteiger partial charge in [0.25, 0.3) is 0 Å². The molecule has 2 aromatic carbocycles. The Labute approximate surface area is 189 Å². The smallest absolute Gasteiger partial charge is 0.231 e. The summed E-state index contributed by atoms with van der Waals surface area (Å²) >= 11 is 0. The van der Waals surface area contributed by atoms with Crippen LogP contribution in [0.2, 0.25) is 0 Å². The molecule has 0 bridgehead atoms. The number of methoxy groups -OCH3 is 2. The van der Waals surface area contributed by atoms with Crippen molar-refractivity contribution in [2.75, 3.05) is 40.5 Å². The molecule has 6 nitrogen and oxygen atoms in total. The lowest BCUT2D eigenvalue weighted by Gasteiger charge is -2.26. The van der Waals surface area contributed by atoms with E-state index in [0.717, 1.165) is 25.2 Å². The number of hydrogen-bond acceptors (Lipinski definition) is 6. The minimum absolute atomic E-state index is 0. The van der Waals surface area contributed by atoms with Crippen LogP contribution in [0.25, 0.3) is 6.08 Å². The molecule has 4 rings (SSSR count). The zero-order chi connectivity index (χ0) is 20.9. The highest BCUT2D eigenvalue weighted by Gasteiger charge is 2.28.